The molecule has 3 aromatic rings. The van der Waals surface area contributed by atoms with Crippen LogP contribution in [0, 0.1) is 0 Å². The van der Waals surface area contributed by atoms with Crippen LogP contribution in [0.4, 0.5) is 18.9 Å². The van der Waals surface area contributed by atoms with Gasteiger partial charge in [-0.1, -0.05) is 12.1 Å². The fourth-order valence-electron chi connectivity index (χ4n) is 2.39. The number of methoxy groups -OCH3 is 1. The van der Waals surface area contributed by atoms with Gasteiger partial charge in [-0.05, 0) is 36.4 Å². The van der Waals surface area contributed by atoms with Gasteiger partial charge in [0, 0.05) is 5.39 Å². The average molecular weight is 362 g/mol. The fourth-order valence-corrected chi connectivity index (χ4v) is 2.39. The molecule has 0 unspecified atom stereocenters. The topological polar surface area (TPSA) is 77.8 Å². The van der Waals surface area contributed by atoms with Gasteiger partial charge in [0.15, 0.2) is 11.3 Å². The predicted octanol–water partition coefficient (Wildman–Crippen LogP) is 3.79. The number of amides is 1. The number of nitrogens with two attached hydrogens (primary N) is 1. The zero-order valence-corrected chi connectivity index (χ0v) is 13.5. The molecule has 2 N–H and O–H groups in total. The van der Waals surface area contributed by atoms with Crippen LogP contribution in [0.2, 0.25) is 0 Å². The number of alkyl halides is 3. The van der Waals surface area contributed by atoms with E-state index >= 15 is 0 Å². The molecule has 8 heteroatoms. The van der Waals surface area contributed by atoms with Crippen LogP contribution in [-0.4, -0.2) is 13.0 Å². The first kappa shape index (κ1) is 17.5. The summed E-state index contributed by atoms with van der Waals surface area (Å²) >= 11 is 0. The summed E-state index contributed by atoms with van der Waals surface area (Å²) < 4.78 is 48.8. The number of primary amides is 1. The molecular formula is C18H13F3N2O3. The summed E-state index contributed by atoms with van der Waals surface area (Å²) in [6.45, 7) is 0. The Labute approximate surface area is 145 Å². The van der Waals surface area contributed by atoms with Crippen molar-refractivity contribution in [3.8, 4) is 5.75 Å². The van der Waals surface area contributed by atoms with E-state index in [2.05, 4.69) is 4.99 Å². The number of ether oxygens (including phenoxy) is 1. The molecule has 3 rings (SSSR count). The van der Waals surface area contributed by atoms with Crippen molar-refractivity contribution < 1.29 is 27.1 Å². The molecule has 2 aromatic carbocycles. The summed E-state index contributed by atoms with van der Waals surface area (Å²) in [5, 5.41) is 0.574. The largest absolute Gasteiger partial charge is 0.493 e. The van der Waals surface area contributed by atoms with Gasteiger partial charge in [-0.2, -0.15) is 13.2 Å². The SMILES string of the molecule is COc1cccc2cc(C(N)=O)c(=Nc3ccc(C(F)(F)F)cc3)oc12. The van der Waals surface area contributed by atoms with Crippen molar-refractivity contribution in [3.05, 3.63) is 65.2 Å². The number of para-hydroxylation sites is 1. The lowest BCUT2D eigenvalue weighted by molar-refractivity contribution is -0.137. The summed E-state index contributed by atoms with van der Waals surface area (Å²) in [7, 11) is 1.46. The van der Waals surface area contributed by atoms with Gasteiger partial charge >= 0.3 is 6.18 Å². The van der Waals surface area contributed by atoms with E-state index in [-0.39, 0.29) is 16.8 Å². The molecule has 0 fully saturated rings. The number of halogens is 3. The summed E-state index contributed by atoms with van der Waals surface area (Å²) in [6.07, 6.45) is -4.45. The number of nitrogens with zero attached hydrogens (tertiary/aromatic N) is 1. The smallest absolute Gasteiger partial charge is 0.416 e. The highest BCUT2D eigenvalue weighted by molar-refractivity contribution is 5.96. The van der Waals surface area contributed by atoms with Crippen molar-refractivity contribution in [1.29, 1.82) is 0 Å². The first-order valence-corrected chi connectivity index (χ1v) is 7.42. The van der Waals surface area contributed by atoms with E-state index in [9.17, 15) is 18.0 Å². The quantitative estimate of drug-likeness (QED) is 0.770. The van der Waals surface area contributed by atoms with E-state index < -0.39 is 17.6 Å². The second-order valence-electron chi connectivity index (χ2n) is 5.36. The summed E-state index contributed by atoms with van der Waals surface area (Å²) in [5.41, 5.74) is 4.98. The third kappa shape index (κ3) is 3.39. The molecular weight excluding hydrogens is 349 g/mol. The lowest BCUT2D eigenvalue weighted by Gasteiger charge is -2.07. The molecule has 0 bridgehead atoms. The number of carbonyl (C=O) groups is 1. The molecule has 0 radical (unpaired) electrons. The standard InChI is InChI=1S/C18H13F3N2O3/c1-25-14-4-2-3-10-9-13(16(22)24)17(26-15(10)14)23-12-7-5-11(6-8-12)18(19,20)21/h2-9H,1H3,(H2,22,24). The Morgan fingerprint density at radius 3 is 2.42 bits per heavy atom. The van der Waals surface area contributed by atoms with Crippen LogP contribution in [0.15, 0.2) is 57.9 Å². The van der Waals surface area contributed by atoms with Crippen molar-refractivity contribution >= 4 is 22.6 Å². The van der Waals surface area contributed by atoms with Crippen LogP contribution < -0.4 is 16.0 Å². The Hall–Kier alpha value is -3.29. The molecule has 0 saturated carbocycles. The minimum Gasteiger partial charge on any atom is -0.493 e. The van der Waals surface area contributed by atoms with Crippen LogP contribution in [0.5, 0.6) is 5.75 Å². The molecule has 0 saturated heterocycles. The van der Waals surface area contributed by atoms with E-state index in [1.165, 1.54) is 25.3 Å². The third-order valence-corrected chi connectivity index (χ3v) is 3.65. The highest BCUT2D eigenvalue weighted by Crippen LogP contribution is 2.30. The second-order valence-corrected chi connectivity index (χ2v) is 5.36. The summed E-state index contributed by atoms with van der Waals surface area (Å²) in [4.78, 5) is 15.8. The third-order valence-electron chi connectivity index (χ3n) is 3.65. The minimum atomic E-state index is -4.45. The first-order chi connectivity index (χ1) is 12.3. The highest BCUT2D eigenvalue weighted by atomic mass is 19.4. The minimum absolute atomic E-state index is 0.00523. The van der Waals surface area contributed by atoms with Gasteiger partial charge < -0.3 is 14.9 Å². The molecule has 0 aliphatic rings. The van der Waals surface area contributed by atoms with Crippen molar-refractivity contribution in [2.45, 2.75) is 6.18 Å². The number of hydrogen-bond donors (Lipinski definition) is 1. The lowest BCUT2D eigenvalue weighted by Crippen LogP contribution is -2.21. The van der Waals surface area contributed by atoms with Gasteiger partial charge in [0.2, 0.25) is 5.55 Å². The maximum atomic E-state index is 12.7. The van der Waals surface area contributed by atoms with Crippen LogP contribution in [0.1, 0.15) is 15.9 Å². The Morgan fingerprint density at radius 2 is 1.85 bits per heavy atom. The first-order valence-electron chi connectivity index (χ1n) is 7.42. The number of fused-ring (bicyclic) bond motifs is 1. The maximum absolute atomic E-state index is 12.7. The molecule has 0 spiro atoms. The molecule has 5 nitrogen and oxygen atoms in total. The Bertz CT molecular complexity index is 1040. The van der Waals surface area contributed by atoms with E-state index in [0.29, 0.717) is 16.7 Å². The predicted molar refractivity (Wildman–Crippen MR) is 88.0 cm³/mol. The van der Waals surface area contributed by atoms with Crippen molar-refractivity contribution in [2.24, 2.45) is 10.7 Å². The summed E-state index contributed by atoms with van der Waals surface area (Å²) in [6, 6.07) is 10.7. The molecule has 0 atom stereocenters. The maximum Gasteiger partial charge on any atom is 0.416 e. The molecule has 1 aromatic heterocycles. The number of hydrogen-bond acceptors (Lipinski definition) is 4. The van der Waals surface area contributed by atoms with Gasteiger partial charge in [-0.15, -0.1) is 0 Å². The Kier molecular flexibility index (Phi) is 4.41. The van der Waals surface area contributed by atoms with E-state index in [1.807, 2.05) is 0 Å². The second kappa shape index (κ2) is 6.55. The molecule has 0 aliphatic carbocycles. The van der Waals surface area contributed by atoms with E-state index in [1.54, 1.807) is 18.2 Å². The molecule has 0 aliphatic heterocycles. The van der Waals surface area contributed by atoms with E-state index in [4.69, 9.17) is 14.9 Å². The van der Waals surface area contributed by atoms with Crippen molar-refractivity contribution in [1.82, 2.24) is 0 Å². The molecule has 1 heterocycles. The number of benzene rings is 2. The van der Waals surface area contributed by atoms with E-state index in [0.717, 1.165) is 12.1 Å². The monoisotopic (exact) mass is 362 g/mol. The number of rotatable bonds is 3. The van der Waals surface area contributed by atoms with Crippen LogP contribution in [-0.2, 0) is 6.18 Å². The van der Waals surface area contributed by atoms with Gasteiger partial charge in [-0.3, -0.25) is 4.79 Å². The number of carbonyl (C=O) groups excluding carboxylic acids is 1. The lowest BCUT2D eigenvalue weighted by atomic mass is 10.1. The van der Waals surface area contributed by atoms with Gasteiger partial charge in [-0.25, -0.2) is 4.99 Å². The van der Waals surface area contributed by atoms with Crippen molar-refractivity contribution in [3.63, 3.8) is 0 Å². The molecule has 26 heavy (non-hydrogen) atoms. The highest BCUT2D eigenvalue weighted by Gasteiger charge is 2.29. The molecule has 134 valence electrons. The normalized spacial score (nSPS) is 12.4. The summed E-state index contributed by atoms with van der Waals surface area (Å²) in [5.74, 6) is -0.355. The Morgan fingerprint density at radius 1 is 1.15 bits per heavy atom. The van der Waals surface area contributed by atoms with Gasteiger partial charge in [0.25, 0.3) is 5.91 Å². The van der Waals surface area contributed by atoms with Gasteiger partial charge in [0.1, 0.15) is 5.56 Å². The Balaban J connectivity index is 2.20. The fraction of sp³-hybridized carbons (Fsp3) is 0.111. The van der Waals surface area contributed by atoms with Crippen LogP contribution >= 0.6 is 0 Å². The zero-order chi connectivity index (χ0) is 18.9. The average Bonchev–Trinajstić information content (AvgIpc) is 2.60. The van der Waals surface area contributed by atoms with Gasteiger partial charge in [0.05, 0.1) is 18.4 Å². The zero-order valence-electron chi connectivity index (χ0n) is 13.5. The van der Waals surface area contributed by atoms with Crippen molar-refractivity contribution in [2.75, 3.05) is 7.11 Å². The molecule has 1 amide bonds. The van der Waals surface area contributed by atoms with Crippen LogP contribution in [0.3, 0.4) is 0 Å². The van der Waals surface area contributed by atoms with Crippen LogP contribution in [0.25, 0.3) is 11.0 Å².